The Hall–Kier alpha value is -1.80. The molecule has 1 atom stereocenters. The van der Waals surface area contributed by atoms with Crippen molar-refractivity contribution >= 4 is 0 Å². The number of benzene rings is 2. The van der Waals surface area contributed by atoms with Gasteiger partial charge in [-0.1, -0.05) is 36.4 Å². The topological polar surface area (TPSA) is 25.8 Å². The number of hydrogen-bond donors (Lipinski definition) is 1. The zero-order valence-electron chi connectivity index (χ0n) is 10.6. The normalized spacial score (nSPS) is 18.2. The minimum atomic E-state index is 0.407. The molecule has 0 unspecified atom stereocenters. The van der Waals surface area contributed by atoms with Gasteiger partial charge in [0.05, 0.1) is 13.7 Å². The third kappa shape index (κ3) is 2.00. The highest BCUT2D eigenvalue weighted by Gasteiger charge is 2.24. The molecular weight excluding hydrogens is 222 g/mol. The van der Waals surface area contributed by atoms with Crippen molar-refractivity contribution in [2.24, 2.45) is 0 Å². The van der Waals surface area contributed by atoms with E-state index in [-0.39, 0.29) is 0 Å². The van der Waals surface area contributed by atoms with Crippen molar-refractivity contribution in [2.45, 2.75) is 12.5 Å². The molecule has 1 heterocycles. The Labute approximate surface area is 108 Å². The molecule has 0 amide bonds. The van der Waals surface area contributed by atoms with Gasteiger partial charge in [-0.3, -0.25) is 0 Å². The van der Waals surface area contributed by atoms with Crippen molar-refractivity contribution < 1.29 is 10.1 Å². The second kappa shape index (κ2) is 4.83. The molecule has 0 saturated carbocycles. The molecule has 0 aromatic heterocycles. The number of hydrogen-bond acceptors (Lipinski definition) is 1. The van der Waals surface area contributed by atoms with Gasteiger partial charge in [-0.15, -0.1) is 0 Å². The summed E-state index contributed by atoms with van der Waals surface area (Å²) in [5.74, 6) is 0.934. The van der Waals surface area contributed by atoms with E-state index in [0.29, 0.717) is 6.04 Å². The number of rotatable bonds is 2. The summed E-state index contributed by atoms with van der Waals surface area (Å²) in [5.41, 5.74) is 4.24. The summed E-state index contributed by atoms with van der Waals surface area (Å²) >= 11 is 0. The van der Waals surface area contributed by atoms with Gasteiger partial charge in [0.2, 0.25) is 0 Å². The fraction of sp³-hybridized carbons (Fsp3) is 0.250. The summed E-state index contributed by atoms with van der Waals surface area (Å²) in [6.07, 6.45) is 1.16. The van der Waals surface area contributed by atoms with Gasteiger partial charge < -0.3 is 10.1 Å². The molecule has 1 aliphatic heterocycles. The van der Waals surface area contributed by atoms with Gasteiger partial charge in [0, 0.05) is 17.5 Å². The predicted octanol–water partition coefficient (Wildman–Crippen LogP) is 1.90. The average molecular weight is 240 g/mol. The Balaban J connectivity index is 2.02. The number of nitrogens with two attached hydrogens (primary N) is 1. The average Bonchev–Trinajstić information content (AvgIpc) is 2.47. The highest BCUT2D eigenvalue weighted by atomic mass is 16.5. The van der Waals surface area contributed by atoms with Gasteiger partial charge in [-0.2, -0.15) is 0 Å². The first-order chi connectivity index (χ1) is 8.88. The Bertz CT molecular complexity index is 550. The summed E-state index contributed by atoms with van der Waals surface area (Å²) in [6, 6.07) is 17.6. The largest absolute Gasteiger partial charge is 0.497 e. The highest BCUT2D eigenvalue weighted by Crippen LogP contribution is 2.26. The zero-order valence-corrected chi connectivity index (χ0v) is 10.6. The fourth-order valence-corrected chi connectivity index (χ4v) is 2.75. The van der Waals surface area contributed by atoms with Crippen LogP contribution in [0.2, 0.25) is 0 Å². The molecule has 0 saturated heterocycles. The Morgan fingerprint density at radius 1 is 1.11 bits per heavy atom. The molecular formula is C16H18NO+. The third-order valence-corrected chi connectivity index (χ3v) is 3.66. The van der Waals surface area contributed by atoms with Crippen molar-refractivity contribution in [1.29, 1.82) is 0 Å². The first kappa shape index (κ1) is 11.3. The van der Waals surface area contributed by atoms with Crippen molar-refractivity contribution in [3.8, 4) is 5.75 Å². The van der Waals surface area contributed by atoms with Crippen molar-refractivity contribution in [3.63, 3.8) is 0 Å². The molecule has 18 heavy (non-hydrogen) atoms. The van der Waals surface area contributed by atoms with Crippen LogP contribution < -0.4 is 10.1 Å². The van der Waals surface area contributed by atoms with Gasteiger partial charge in [-0.25, -0.2) is 0 Å². The summed E-state index contributed by atoms with van der Waals surface area (Å²) in [7, 11) is 1.72. The van der Waals surface area contributed by atoms with Crippen LogP contribution in [0.25, 0.3) is 0 Å². The lowest BCUT2D eigenvalue weighted by atomic mass is 9.90. The molecule has 2 aromatic rings. The lowest BCUT2D eigenvalue weighted by Crippen LogP contribution is -2.87. The van der Waals surface area contributed by atoms with Crippen LogP contribution in [0.5, 0.6) is 5.75 Å². The Morgan fingerprint density at radius 3 is 2.89 bits per heavy atom. The second-order valence-corrected chi connectivity index (χ2v) is 4.73. The number of ether oxygens (including phenoxy) is 1. The maximum Gasteiger partial charge on any atom is 0.138 e. The molecule has 0 aliphatic carbocycles. The minimum Gasteiger partial charge on any atom is -0.497 e. The van der Waals surface area contributed by atoms with Gasteiger partial charge in [-0.05, 0) is 17.7 Å². The summed E-state index contributed by atoms with van der Waals surface area (Å²) in [6.45, 7) is 1.15. The molecule has 2 nitrogen and oxygen atoms in total. The lowest BCUT2D eigenvalue weighted by Gasteiger charge is -2.24. The van der Waals surface area contributed by atoms with Crippen LogP contribution in [0, 0.1) is 0 Å². The van der Waals surface area contributed by atoms with Gasteiger partial charge in [0.1, 0.15) is 11.8 Å². The van der Waals surface area contributed by atoms with E-state index in [1.807, 2.05) is 6.07 Å². The molecule has 2 N–H and O–H groups in total. The van der Waals surface area contributed by atoms with E-state index < -0.39 is 0 Å². The minimum absolute atomic E-state index is 0.407. The van der Waals surface area contributed by atoms with E-state index in [0.717, 1.165) is 18.7 Å². The standard InChI is InChI=1S/C16H17NO/c1-18-14-7-4-6-13(11-14)16-15-8-3-2-5-12(15)9-10-17-16/h2-8,11,16-17H,9-10H2,1H3/p+1/t16-/m1/s1. The number of quaternary nitrogens is 1. The second-order valence-electron chi connectivity index (χ2n) is 4.73. The smallest absolute Gasteiger partial charge is 0.138 e. The monoisotopic (exact) mass is 240 g/mol. The van der Waals surface area contributed by atoms with Gasteiger partial charge in [0.15, 0.2) is 0 Å². The number of fused-ring (bicyclic) bond motifs is 1. The van der Waals surface area contributed by atoms with Crippen LogP contribution >= 0.6 is 0 Å². The van der Waals surface area contributed by atoms with E-state index in [1.54, 1.807) is 7.11 Å². The Kier molecular flexibility index (Phi) is 3.03. The molecule has 92 valence electrons. The van der Waals surface area contributed by atoms with E-state index in [2.05, 4.69) is 47.8 Å². The molecule has 0 fully saturated rings. The van der Waals surface area contributed by atoms with Crippen LogP contribution in [0.4, 0.5) is 0 Å². The van der Waals surface area contributed by atoms with E-state index in [9.17, 15) is 0 Å². The predicted molar refractivity (Wildman–Crippen MR) is 71.8 cm³/mol. The maximum atomic E-state index is 5.32. The Morgan fingerprint density at radius 2 is 2.00 bits per heavy atom. The molecule has 1 aliphatic rings. The van der Waals surface area contributed by atoms with Crippen LogP contribution in [-0.4, -0.2) is 13.7 Å². The highest BCUT2D eigenvalue weighted by molar-refractivity contribution is 5.39. The van der Waals surface area contributed by atoms with Crippen LogP contribution in [0.1, 0.15) is 22.7 Å². The number of methoxy groups -OCH3 is 1. The maximum absolute atomic E-state index is 5.32. The first-order valence-electron chi connectivity index (χ1n) is 6.43. The van der Waals surface area contributed by atoms with E-state index in [4.69, 9.17) is 4.74 Å². The molecule has 0 radical (unpaired) electrons. The van der Waals surface area contributed by atoms with Crippen LogP contribution in [-0.2, 0) is 6.42 Å². The SMILES string of the molecule is COc1cccc([C@H]2[NH2+]CCc3ccccc32)c1. The summed E-state index contributed by atoms with van der Waals surface area (Å²) in [4.78, 5) is 0. The molecule has 2 aromatic carbocycles. The van der Waals surface area contributed by atoms with Crippen LogP contribution in [0.3, 0.4) is 0 Å². The van der Waals surface area contributed by atoms with Gasteiger partial charge >= 0.3 is 0 Å². The van der Waals surface area contributed by atoms with Crippen LogP contribution in [0.15, 0.2) is 48.5 Å². The first-order valence-corrected chi connectivity index (χ1v) is 6.43. The fourth-order valence-electron chi connectivity index (χ4n) is 2.75. The molecule has 2 heteroatoms. The third-order valence-electron chi connectivity index (χ3n) is 3.66. The quantitative estimate of drug-likeness (QED) is 0.852. The summed E-state index contributed by atoms with van der Waals surface area (Å²) < 4.78 is 5.32. The molecule has 0 bridgehead atoms. The van der Waals surface area contributed by atoms with Crippen molar-refractivity contribution in [1.82, 2.24) is 0 Å². The van der Waals surface area contributed by atoms with E-state index in [1.165, 1.54) is 16.7 Å². The zero-order chi connectivity index (χ0) is 12.4. The molecule has 3 rings (SSSR count). The summed E-state index contributed by atoms with van der Waals surface area (Å²) in [5, 5.41) is 2.41. The van der Waals surface area contributed by atoms with Crippen molar-refractivity contribution in [2.75, 3.05) is 13.7 Å². The van der Waals surface area contributed by atoms with Gasteiger partial charge in [0.25, 0.3) is 0 Å². The lowest BCUT2D eigenvalue weighted by molar-refractivity contribution is -0.690. The molecule has 0 spiro atoms. The van der Waals surface area contributed by atoms with E-state index >= 15 is 0 Å². The van der Waals surface area contributed by atoms with Crippen molar-refractivity contribution in [3.05, 3.63) is 65.2 Å².